The zero-order chi connectivity index (χ0) is 22.6. The number of hydrazine groups is 1. The molecule has 1 amide bonds. The lowest BCUT2D eigenvalue weighted by atomic mass is 9.94. The van der Waals surface area contributed by atoms with Crippen molar-refractivity contribution in [1.82, 2.24) is 15.4 Å². The van der Waals surface area contributed by atoms with Gasteiger partial charge in [0.25, 0.3) is 0 Å². The zero-order valence-corrected chi connectivity index (χ0v) is 18.6. The van der Waals surface area contributed by atoms with Gasteiger partial charge in [0.2, 0.25) is 5.91 Å². The molecule has 5 rings (SSSR count). The van der Waals surface area contributed by atoms with Crippen LogP contribution >= 0.6 is 0 Å². The summed E-state index contributed by atoms with van der Waals surface area (Å²) in [5.41, 5.74) is 9.98. The van der Waals surface area contributed by atoms with Crippen LogP contribution in [0.25, 0.3) is 11.1 Å². The number of aromatic nitrogens is 2. The van der Waals surface area contributed by atoms with E-state index in [0.717, 1.165) is 28.2 Å². The number of nitrogens with zero attached hydrogens (tertiary/aromatic N) is 3. The Morgan fingerprint density at radius 3 is 2.52 bits per heavy atom. The number of carbonyl (C=O) groups is 1. The van der Waals surface area contributed by atoms with Crippen LogP contribution in [0.5, 0.6) is 0 Å². The normalized spacial score (nSPS) is 15.5. The number of anilines is 2. The molecule has 6 nitrogen and oxygen atoms in total. The van der Waals surface area contributed by atoms with Crippen LogP contribution in [0.4, 0.5) is 11.4 Å². The molecule has 1 aliphatic heterocycles. The van der Waals surface area contributed by atoms with Gasteiger partial charge >= 0.3 is 0 Å². The third-order valence-electron chi connectivity index (χ3n) is 6.18. The van der Waals surface area contributed by atoms with Crippen LogP contribution in [-0.2, 0) is 17.8 Å². The van der Waals surface area contributed by atoms with Crippen molar-refractivity contribution in [3.8, 4) is 11.1 Å². The molecule has 1 atom stereocenters. The van der Waals surface area contributed by atoms with Crippen LogP contribution in [0, 0.1) is 5.92 Å². The van der Waals surface area contributed by atoms with Crippen molar-refractivity contribution < 1.29 is 4.79 Å². The number of hydrogen-bond donors (Lipinski definition) is 2. The van der Waals surface area contributed by atoms with Crippen LogP contribution in [0.15, 0.2) is 91.4 Å². The number of carbonyl (C=O) groups excluding carboxylic acids is 1. The molecule has 4 aromatic rings. The molecule has 1 aliphatic rings. The van der Waals surface area contributed by atoms with Gasteiger partial charge in [-0.1, -0.05) is 54.6 Å². The smallest absolute Gasteiger partial charge is 0.231 e. The van der Waals surface area contributed by atoms with Crippen LogP contribution in [0.3, 0.4) is 0 Å². The predicted molar refractivity (Wildman–Crippen MR) is 132 cm³/mol. The second-order valence-electron chi connectivity index (χ2n) is 8.37. The van der Waals surface area contributed by atoms with Crippen LogP contribution in [0.1, 0.15) is 11.3 Å². The first-order valence-electron chi connectivity index (χ1n) is 11.2. The Morgan fingerprint density at radius 2 is 1.79 bits per heavy atom. The van der Waals surface area contributed by atoms with Crippen molar-refractivity contribution in [2.45, 2.75) is 13.0 Å². The number of benzene rings is 3. The number of aromatic amines is 1. The van der Waals surface area contributed by atoms with E-state index in [4.69, 9.17) is 0 Å². The molecule has 33 heavy (non-hydrogen) atoms. The largest absolute Gasteiger partial charge is 0.347 e. The first-order chi connectivity index (χ1) is 16.2. The fourth-order valence-electron chi connectivity index (χ4n) is 4.38. The van der Waals surface area contributed by atoms with E-state index in [9.17, 15) is 4.79 Å². The van der Waals surface area contributed by atoms with E-state index in [-0.39, 0.29) is 11.8 Å². The number of amides is 1. The van der Waals surface area contributed by atoms with Crippen molar-refractivity contribution in [3.63, 3.8) is 0 Å². The van der Waals surface area contributed by atoms with Gasteiger partial charge in [0.05, 0.1) is 30.2 Å². The summed E-state index contributed by atoms with van der Waals surface area (Å²) in [6.07, 6.45) is 4.18. The molecule has 2 N–H and O–H groups in total. The molecule has 3 aromatic carbocycles. The fourth-order valence-corrected chi connectivity index (χ4v) is 4.38. The second kappa shape index (κ2) is 9.30. The molecule has 0 saturated carbocycles. The number of fused-ring (bicyclic) bond motifs is 1. The van der Waals surface area contributed by atoms with E-state index in [1.165, 1.54) is 5.56 Å². The lowest BCUT2D eigenvalue weighted by Gasteiger charge is -2.26. The Hall–Kier alpha value is -3.90. The van der Waals surface area contributed by atoms with Crippen molar-refractivity contribution in [3.05, 3.63) is 103 Å². The Kier molecular flexibility index (Phi) is 5.91. The molecular formula is C27H27N5O. The van der Waals surface area contributed by atoms with Gasteiger partial charge in [-0.05, 0) is 47.4 Å². The highest BCUT2D eigenvalue weighted by Gasteiger charge is 2.29. The van der Waals surface area contributed by atoms with Gasteiger partial charge in [-0.3, -0.25) is 4.79 Å². The number of para-hydroxylation sites is 1. The quantitative estimate of drug-likeness (QED) is 0.485. The molecule has 0 saturated heterocycles. The minimum atomic E-state index is -0.188. The van der Waals surface area contributed by atoms with Crippen molar-refractivity contribution >= 4 is 17.3 Å². The standard InChI is InChI=1S/C27H27N5O/c1-31(25-10-6-3-7-11-25)27(33)23-15-22-14-21(20-8-4-2-5-9-20)12-13-26(22)32(30-16-23)18-24-17-28-19-29-24/h2-14,17,19,23,30H,15-16,18H2,1H3,(H,28,29). The fraction of sp³-hybridized carbons (Fsp3) is 0.185. The van der Waals surface area contributed by atoms with E-state index in [2.05, 4.69) is 50.7 Å². The number of H-pyrrole nitrogens is 1. The highest BCUT2D eigenvalue weighted by Crippen LogP contribution is 2.32. The number of hydrogen-bond acceptors (Lipinski definition) is 4. The van der Waals surface area contributed by atoms with E-state index < -0.39 is 0 Å². The third kappa shape index (κ3) is 4.52. The first kappa shape index (κ1) is 21.0. The molecular weight excluding hydrogens is 410 g/mol. The van der Waals surface area contributed by atoms with Gasteiger partial charge in [-0.15, -0.1) is 0 Å². The highest BCUT2D eigenvalue weighted by atomic mass is 16.2. The second-order valence-corrected chi connectivity index (χ2v) is 8.37. The SMILES string of the molecule is CN(C(=O)C1CNN(Cc2cnc[nH]2)c2ccc(-c3ccccc3)cc2C1)c1ccccc1. The monoisotopic (exact) mass is 437 g/mol. The molecule has 1 unspecified atom stereocenters. The first-order valence-corrected chi connectivity index (χ1v) is 11.2. The molecule has 0 bridgehead atoms. The van der Waals surface area contributed by atoms with Gasteiger partial charge in [-0.2, -0.15) is 0 Å². The Balaban J connectivity index is 1.48. The summed E-state index contributed by atoms with van der Waals surface area (Å²) in [6, 6.07) is 26.7. The maximum absolute atomic E-state index is 13.5. The summed E-state index contributed by atoms with van der Waals surface area (Å²) in [7, 11) is 1.85. The molecule has 6 heteroatoms. The summed E-state index contributed by atoms with van der Waals surface area (Å²) in [5.74, 6) is -0.0834. The highest BCUT2D eigenvalue weighted by molar-refractivity contribution is 5.95. The zero-order valence-electron chi connectivity index (χ0n) is 18.6. The molecule has 0 aliphatic carbocycles. The predicted octanol–water partition coefficient (Wildman–Crippen LogP) is 4.42. The molecule has 2 heterocycles. The minimum absolute atomic E-state index is 0.105. The van der Waals surface area contributed by atoms with Gasteiger partial charge in [-0.25, -0.2) is 10.4 Å². The number of nitrogens with one attached hydrogen (secondary N) is 2. The lowest BCUT2D eigenvalue weighted by molar-refractivity contribution is -0.121. The van der Waals surface area contributed by atoms with Crippen LogP contribution in [-0.4, -0.2) is 29.5 Å². The molecule has 0 radical (unpaired) electrons. The minimum Gasteiger partial charge on any atom is -0.347 e. The topological polar surface area (TPSA) is 64.3 Å². The molecule has 0 fully saturated rings. The van der Waals surface area contributed by atoms with Gasteiger partial charge in [0, 0.05) is 25.5 Å². The maximum Gasteiger partial charge on any atom is 0.231 e. The maximum atomic E-state index is 13.5. The van der Waals surface area contributed by atoms with Crippen LogP contribution < -0.4 is 15.3 Å². The number of rotatable bonds is 5. The average Bonchev–Trinajstić information content (AvgIpc) is 3.32. The third-order valence-corrected chi connectivity index (χ3v) is 6.18. The number of imidazole rings is 1. The summed E-state index contributed by atoms with van der Waals surface area (Å²) in [4.78, 5) is 22.6. The summed E-state index contributed by atoms with van der Waals surface area (Å²) in [6.45, 7) is 1.19. The molecule has 0 spiro atoms. The molecule has 1 aromatic heterocycles. The Bertz CT molecular complexity index is 1210. The lowest BCUT2D eigenvalue weighted by Crippen LogP contribution is -2.43. The van der Waals surface area contributed by atoms with Gasteiger partial charge in [0.1, 0.15) is 0 Å². The van der Waals surface area contributed by atoms with Crippen molar-refractivity contribution in [2.75, 3.05) is 23.5 Å². The Labute approximate surface area is 193 Å². The van der Waals surface area contributed by atoms with Crippen LogP contribution in [0.2, 0.25) is 0 Å². The summed E-state index contributed by atoms with van der Waals surface area (Å²) in [5, 5.41) is 2.12. The van der Waals surface area contributed by atoms with Crippen molar-refractivity contribution in [1.29, 1.82) is 0 Å². The van der Waals surface area contributed by atoms with E-state index in [1.54, 1.807) is 11.2 Å². The summed E-state index contributed by atoms with van der Waals surface area (Å²) >= 11 is 0. The van der Waals surface area contributed by atoms with E-state index in [1.807, 2.05) is 61.8 Å². The molecule has 166 valence electrons. The average molecular weight is 438 g/mol. The Morgan fingerprint density at radius 1 is 1.03 bits per heavy atom. The summed E-state index contributed by atoms with van der Waals surface area (Å²) < 4.78 is 0. The van der Waals surface area contributed by atoms with Gasteiger partial charge < -0.3 is 14.9 Å². The van der Waals surface area contributed by atoms with Crippen molar-refractivity contribution in [2.24, 2.45) is 5.92 Å². The van der Waals surface area contributed by atoms with E-state index in [0.29, 0.717) is 19.5 Å². The van der Waals surface area contributed by atoms with E-state index >= 15 is 0 Å². The van der Waals surface area contributed by atoms with Gasteiger partial charge in [0.15, 0.2) is 0 Å².